The van der Waals surface area contributed by atoms with Crippen LogP contribution in [-0.4, -0.2) is 35.3 Å². The summed E-state index contributed by atoms with van der Waals surface area (Å²) in [4.78, 5) is 15.7. The Labute approximate surface area is 169 Å². The maximum atomic E-state index is 13.3. The number of ketones is 1. The fraction of sp³-hybridized carbons (Fsp3) is 0.292. The summed E-state index contributed by atoms with van der Waals surface area (Å²) >= 11 is 2.00. The number of rotatable bonds is 2. The van der Waals surface area contributed by atoms with Crippen LogP contribution in [0.2, 0.25) is 0 Å². The Morgan fingerprint density at radius 1 is 1.07 bits per heavy atom. The molecule has 2 aliphatic rings. The highest BCUT2D eigenvalue weighted by Crippen LogP contribution is 2.45. The van der Waals surface area contributed by atoms with Crippen LogP contribution < -0.4 is 0 Å². The topological polar surface area (TPSA) is 33.5 Å². The van der Waals surface area contributed by atoms with Crippen LogP contribution in [0.4, 0.5) is 0 Å². The van der Waals surface area contributed by atoms with Crippen LogP contribution in [0.25, 0.3) is 27.7 Å². The second-order valence-corrected chi connectivity index (χ2v) is 8.93. The molecule has 142 valence electrons. The molecule has 0 atom stereocenters. The SMILES string of the molecule is C=C1C(=O)c2c(oc(CN3CCSCC3)c2C)-c2ccc3c(C)cccc3c21. The number of allylic oxidation sites excluding steroid dienone is 1. The number of nitrogens with zero attached hydrogens (tertiary/aromatic N) is 1. The van der Waals surface area contributed by atoms with E-state index in [-0.39, 0.29) is 5.78 Å². The van der Waals surface area contributed by atoms with Crippen molar-refractivity contribution in [3.8, 4) is 11.3 Å². The van der Waals surface area contributed by atoms with Gasteiger partial charge < -0.3 is 4.42 Å². The van der Waals surface area contributed by atoms with Crippen LogP contribution in [0.3, 0.4) is 0 Å². The van der Waals surface area contributed by atoms with Gasteiger partial charge in [0.25, 0.3) is 0 Å². The summed E-state index contributed by atoms with van der Waals surface area (Å²) in [6, 6.07) is 10.4. The van der Waals surface area contributed by atoms with Gasteiger partial charge in [-0.25, -0.2) is 0 Å². The number of thioether (sulfide) groups is 1. The minimum atomic E-state index is -0.00166. The first-order valence-electron chi connectivity index (χ1n) is 9.75. The average Bonchev–Trinajstić information content (AvgIpc) is 3.03. The van der Waals surface area contributed by atoms with Crippen LogP contribution in [0, 0.1) is 13.8 Å². The molecule has 0 N–H and O–H groups in total. The molecule has 0 bridgehead atoms. The lowest BCUT2D eigenvalue weighted by atomic mass is 9.81. The summed E-state index contributed by atoms with van der Waals surface area (Å²) in [5, 5.41) is 2.23. The Bertz CT molecular complexity index is 1140. The van der Waals surface area contributed by atoms with E-state index in [9.17, 15) is 4.79 Å². The number of Topliss-reactive ketones (excluding diaryl/α,β-unsaturated/α-hetero) is 1. The van der Waals surface area contributed by atoms with Crippen LogP contribution >= 0.6 is 11.8 Å². The second kappa shape index (κ2) is 6.64. The Kier molecular flexibility index (Phi) is 4.22. The molecule has 1 saturated heterocycles. The summed E-state index contributed by atoms with van der Waals surface area (Å²) < 4.78 is 6.35. The number of fused-ring (bicyclic) bond motifs is 5. The summed E-state index contributed by atoms with van der Waals surface area (Å²) in [6.07, 6.45) is 0. The van der Waals surface area contributed by atoms with E-state index in [4.69, 9.17) is 4.42 Å². The van der Waals surface area contributed by atoms with Gasteiger partial charge in [-0.3, -0.25) is 9.69 Å². The predicted molar refractivity (Wildman–Crippen MR) is 117 cm³/mol. The predicted octanol–water partition coefficient (Wildman–Crippen LogP) is 5.47. The fourth-order valence-electron chi connectivity index (χ4n) is 4.43. The van der Waals surface area contributed by atoms with Crippen molar-refractivity contribution in [3.63, 3.8) is 0 Å². The van der Waals surface area contributed by atoms with Gasteiger partial charge in [0.15, 0.2) is 5.78 Å². The molecule has 0 unspecified atom stereocenters. The third-order valence-corrected chi connectivity index (χ3v) is 6.99. The first-order valence-corrected chi connectivity index (χ1v) is 10.9. The molecule has 1 aromatic heterocycles. The lowest BCUT2D eigenvalue weighted by molar-refractivity contribution is 0.105. The van der Waals surface area contributed by atoms with Gasteiger partial charge in [-0.15, -0.1) is 0 Å². The van der Waals surface area contributed by atoms with E-state index in [2.05, 4.69) is 42.7 Å². The Hall–Kier alpha value is -2.30. The van der Waals surface area contributed by atoms with Crippen molar-refractivity contribution in [1.82, 2.24) is 4.90 Å². The highest BCUT2D eigenvalue weighted by Gasteiger charge is 2.34. The van der Waals surface area contributed by atoms with Crippen LogP contribution in [0.15, 0.2) is 41.3 Å². The maximum Gasteiger partial charge on any atom is 0.197 e. The number of aryl methyl sites for hydroxylation is 1. The standard InChI is InChI=1S/C24H23NO2S/c1-14-5-4-6-18-17(14)7-8-19-21(18)16(3)23(26)22-15(2)20(27-24(19)22)13-25-9-11-28-12-10-25/h4-8H,3,9-13H2,1-2H3. The molecule has 0 radical (unpaired) electrons. The molecule has 0 amide bonds. The minimum absolute atomic E-state index is 0.00166. The fourth-order valence-corrected chi connectivity index (χ4v) is 5.41. The van der Waals surface area contributed by atoms with Gasteiger partial charge in [0.1, 0.15) is 11.5 Å². The van der Waals surface area contributed by atoms with Gasteiger partial charge in [0.2, 0.25) is 0 Å². The van der Waals surface area contributed by atoms with Crippen molar-refractivity contribution in [2.24, 2.45) is 0 Å². The Balaban J connectivity index is 1.68. The molecule has 3 nitrogen and oxygen atoms in total. The zero-order valence-corrected chi connectivity index (χ0v) is 17.1. The Morgan fingerprint density at radius 2 is 1.86 bits per heavy atom. The number of benzene rings is 2. The smallest absolute Gasteiger partial charge is 0.197 e. The van der Waals surface area contributed by atoms with Gasteiger partial charge in [-0.05, 0) is 36.2 Å². The van der Waals surface area contributed by atoms with E-state index >= 15 is 0 Å². The van der Waals surface area contributed by atoms with Crippen LogP contribution in [0.5, 0.6) is 0 Å². The van der Waals surface area contributed by atoms with Crippen molar-refractivity contribution in [2.45, 2.75) is 20.4 Å². The van der Waals surface area contributed by atoms with E-state index in [1.54, 1.807) is 0 Å². The highest BCUT2D eigenvalue weighted by atomic mass is 32.2. The lowest BCUT2D eigenvalue weighted by Crippen LogP contribution is -2.32. The summed E-state index contributed by atoms with van der Waals surface area (Å²) in [7, 11) is 0. The molecule has 0 saturated carbocycles. The average molecular weight is 390 g/mol. The van der Waals surface area contributed by atoms with Crippen molar-refractivity contribution in [2.75, 3.05) is 24.6 Å². The molecule has 2 aromatic carbocycles. The second-order valence-electron chi connectivity index (χ2n) is 7.71. The minimum Gasteiger partial charge on any atom is -0.459 e. The van der Waals surface area contributed by atoms with Gasteiger partial charge >= 0.3 is 0 Å². The van der Waals surface area contributed by atoms with Crippen molar-refractivity contribution in [3.05, 3.63) is 64.9 Å². The molecule has 2 heterocycles. The summed E-state index contributed by atoms with van der Waals surface area (Å²) in [5.74, 6) is 3.94. The van der Waals surface area contributed by atoms with E-state index in [1.165, 1.54) is 5.56 Å². The molecule has 1 aliphatic heterocycles. The van der Waals surface area contributed by atoms with Gasteiger partial charge in [0.05, 0.1) is 12.1 Å². The third kappa shape index (κ3) is 2.59. The van der Waals surface area contributed by atoms with E-state index in [0.717, 1.165) is 70.1 Å². The number of hydrogen-bond acceptors (Lipinski definition) is 4. The number of carbonyl (C=O) groups is 1. The first kappa shape index (κ1) is 17.8. The number of carbonyl (C=O) groups excluding carboxylic acids is 1. The van der Waals surface area contributed by atoms with Crippen LogP contribution in [0.1, 0.15) is 32.8 Å². The molecule has 4 heteroatoms. The monoisotopic (exact) mass is 389 g/mol. The molecule has 1 aliphatic carbocycles. The number of furan rings is 1. The molecule has 28 heavy (non-hydrogen) atoms. The van der Waals surface area contributed by atoms with Crippen molar-refractivity contribution < 1.29 is 9.21 Å². The van der Waals surface area contributed by atoms with Crippen molar-refractivity contribution >= 4 is 33.9 Å². The van der Waals surface area contributed by atoms with Crippen molar-refractivity contribution in [1.29, 1.82) is 0 Å². The molecule has 3 aromatic rings. The molecule has 0 spiro atoms. The highest BCUT2D eigenvalue weighted by molar-refractivity contribution is 7.99. The van der Waals surface area contributed by atoms with E-state index in [1.807, 2.05) is 24.8 Å². The van der Waals surface area contributed by atoms with Crippen LogP contribution in [-0.2, 0) is 6.54 Å². The van der Waals surface area contributed by atoms with Gasteiger partial charge in [0, 0.05) is 46.9 Å². The molecular weight excluding hydrogens is 366 g/mol. The van der Waals surface area contributed by atoms with Gasteiger partial charge in [-0.2, -0.15) is 11.8 Å². The number of hydrogen-bond donors (Lipinski definition) is 0. The summed E-state index contributed by atoms with van der Waals surface area (Å²) in [6.45, 7) is 11.2. The zero-order chi connectivity index (χ0) is 19.4. The van der Waals surface area contributed by atoms with E-state index < -0.39 is 0 Å². The molecule has 5 rings (SSSR count). The third-order valence-electron chi connectivity index (χ3n) is 6.04. The largest absolute Gasteiger partial charge is 0.459 e. The van der Waals surface area contributed by atoms with E-state index in [0.29, 0.717) is 11.1 Å². The molecule has 1 fully saturated rings. The first-order chi connectivity index (χ1) is 13.6. The zero-order valence-electron chi connectivity index (χ0n) is 16.3. The summed E-state index contributed by atoms with van der Waals surface area (Å²) in [5.41, 5.74) is 5.35. The normalized spacial score (nSPS) is 17.1. The van der Waals surface area contributed by atoms with Gasteiger partial charge in [-0.1, -0.05) is 30.8 Å². The Morgan fingerprint density at radius 3 is 2.64 bits per heavy atom. The molecular formula is C24H23NO2S. The quantitative estimate of drug-likeness (QED) is 0.544. The lowest BCUT2D eigenvalue weighted by Gasteiger charge is -2.25. The maximum absolute atomic E-state index is 13.3.